The van der Waals surface area contributed by atoms with Gasteiger partial charge in [0.25, 0.3) is 5.95 Å². The van der Waals surface area contributed by atoms with Crippen molar-refractivity contribution in [2.75, 3.05) is 18.4 Å². The number of nitrogens with one attached hydrogen (secondary N) is 2. The SMILES string of the molecule is Cn1nnc(NC(=O)C2(C)CCCNC2)n1. The lowest BCUT2D eigenvalue weighted by Crippen LogP contribution is -2.46. The van der Waals surface area contributed by atoms with Gasteiger partial charge in [-0.25, -0.2) is 0 Å². The molecule has 1 unspecified atom stereocenters. The third-order valence-corrected chi connectivity index (χ3v) is 2.88. The molecule has 1 fully saturated rings. The fourth-order valence-electron chi connectivity index (χ4n) is 1.84. The van der Waals surface area contributed by atoms with Gasteiger partial charge in [-0.05, 0) is 31.5 Å². The van der Waals surface area contributed by atoms with Crippen molar-refractivity contribution in [1.29, 1.82) is 0 Å². The smallest absolute Gasteiger partial charge is 0.270 e. The van der Waals surface area contributed by atoms with Crippen LogP contribution >= 0.6 is 0 Å². The Bertz CT molecular complexity index is 381. The monoisotopic (exact) mass is 224 g/mol. The molecular weight excluding hydrogens is 208 g/mol. The summed E-state index contributed by atoms with van der Waals surface area (Å²) < 4.78 is 0. The summed E-state index contributed by atoms with van der Waals surface area (Å²) in [7, 11) is 1.66. The van der Waals surface area contributed by atoms with E-state index in [0.717, 1.165) is 19.4 Å². The molecule has 0 saturated carbocycles. The van der Waals surface area contributed by atoms with E-state index in [1.807, 2.05) is 6.92 Å². The predicted molar refractivity (Wildman–Crippen MR) is 57.6 cm³/mol. The Morgan fingerprint density at radius 2 is 2.44 bits per heavy atom. The molecule has 88 valence electrons. The first kappa shape index (κ1) is 11.0. The molecule has 1 aliphatic heterocycles. The van der Waals surface area contributed by atoms with Crippen LogP contribution in [-0.4, -0.2) is 39.2 Å². The summed E-state index contributed by atoms with van der Waals surface area (Å²) in [6.07, 6.45) is 1.89. The van der Waals surface area contributed by atoms with E-state index in [9.17, 15) is 4.79 Å². The fourth-order valence-corrected chi connectivity index (χ4v) is 1.84. The fraction of sp³-hybridized carbons (Fsp3) is 0.778. The van der Waals surface area contributed by atoms with Crippen LogP contribution in [0, 0.1) is 5.41 Å². The molecule has 0 spiro atoms. The number of aromatic nitrogens is 4. The van der Waals surface area contributed by atoms with Crippen LogP contribution in [0.1, 0.15) is 19.8 Å². The molecule has 2 heterocycles. The Hall–Kier alpha value is -1.50. The van der Waals surface area contributed by atoms with Crippen LogP contribution in [0.4, 0.5) is 5.95 Å². The number of carbonyl (C=O) groups is 1. The maximum atomic E-state index is 12.0. The zero-order chi connectivity index (χ0) is 11.6. The number of hydrogen-bond acceptors (Lipinski definition) is 5. The summed E-state index contributed by atoms with van der Waals surface area (Å²) in [6.45, 7) is 3.62. The standard InChI is InChI=1S/C9H16N6O/c1-9(4-3-5-10-6-9)7(16)11-8-12-14-15(2)13-8/h10H,3-6H2,1-2H3,(H,11,13,16). The summed E-state index contributed by atoms with van der Waals surface area (Å²) in [4.78, 5) is 13.3. The van der Waals surface area contributed by atoms with Crippen LogP contribution in [0.2, 0.25) is 0 Å². The average Bonchev–Trinajstić information content (AvgIpc) is 2.65. The zero-order valence-electron chi connectivity index (χ0n) is 9.53. The van der Waals surface area contributed by atoms with Gasteiger partial charge in [0.15, 0.2) is 0 Å². The number of amides is 1. The molecule has 7 heteroatoms. The molecule has 1 atom stereocenters. The van der Waals surface area contributed by atoms with Crippen LogP contribution in [0.15, 0.2) is 0 Å². The van der Waals surface area contributed by atoms with E-state index >= 15 is 0 Å². The Kier molecular flexibility index (Phi) is 2.86. The van der Waals surface area contributed by atoms with Gasteiger partial charge in [-0.1, -0.05) is 5.10 Å². The van der Waals surface area contributed by atoms with Gasteiger partial charge >= 0.3 is 0 Å². The first-order chi connectivity index (χ1) is 7.60. The molecule has 1 aromatic rings. The Labute approximate surface area is 93.6 Å². The third-order valence-electron chi connectivity index (χ3n) is 2.88. The lowest BCUT2D eigenvalue weighted by molar-refractivity contribution is -0.125. The minimum Gasteiger partial charge on any atom is -0.316 e. The number of hydrogen-bond donors (Lipinski definition) is 2. The van der Waals surface area contributed by atoms with Crippen molar-refractivity contribution in [3.8, 4) is 0 Å². The third kappa shape index (κ3) is 2.19. The van der Waals surface area contributed by atoms with Crippen molar-refractivity contribution in [3.05, 3.63) is 0 Å². The van der Waals surface area contributed by atoms with Gasteiger partial charge in [0.05, 0.1) is 12.5 Å². The van der Waals surface area contributed by atoms with E-state index in [0.29, 0.717) is 6.54 Å². The van der Waals surface area contributed by atoms with Crippen molar-refractivity contribution in [2.45, 2.75) is 19.8 Å². The van der Waals surface area contributed by atoms with Crippen molar-refractivity contribution in [1.82, 2.24) is 25.5 Å². The van der Waals surface area contributed by atoms with E-state index in [1.54, 1.807) is 7.05 Å². The molecule has 1 amide bonds. The average molecular weight is 224 g/mol. The molecule has 1 aromatic heterocycles. The highest BCUT2D eigenvalue weighted by Gasteiger charge is 2.35. The quantitative estimate of drug-likeness (QED) is 0.710. The van der Waals surface area contributed by atoms with E-state index in [1.165, 1.54) is 4.80 Å². The molecule has 0 radical (unpaired) electrons. The number of anilines is 1. The van der Waals surface area contributed by atoms with E-state index < -0.39 is 0 Å². The van der Waals surface area contributed by atoms with Crippen LogP contribution in [0.3, 0.4) is 0 Å². The highest BCUT2D eigenvalue weighted by Crippen LogP contribution is 2.26. The van der Waals surface area contributed by atoms with E-state index in [2.05, 4.69) is 26.0 Å². The van der Waals surface area contributed by atoms with E-state index in [-0.39, 0.29) is 17.3 Å². The highest BCUT2D eigenvalue weighted by atomic mass is 16.2. The highest BCUT2D eigenvalue weighted by molar-refractivity contribution is 5.93. The topological polar surface area (TPSA) is 84.7 Å². The molecular formula is C9H16N6O. The predicted octanol–water partition coefficient (Wildman–Crippen LogP) is -0.462. The maximum Gasteiger partial charge on any atom is 0.270 e. The van der Waals surface area contributed by atoms with Gasteiger partial charge in [0.1, 0.15) is 0 Å². The molecule has 1 saturated heterocycles. The second-order valence-electron chi connectivity index (χ2n) is 4.40. The van der Waals surface area contributed by atoms with Gasteiger partial charge in [-0.2, -0.15) is 4.80 Å². The number of carbonyl (C=O) groups excluding carboxylic acids is 1. The molecule has 16 heavy (non-hydrogen) atoms. The first-order valence-corrected chi connectivity index (χ1v) is 5.36. The van der Waals surface area contributed by atoms with Crippen molar-refractivity contribution >= 4 is 11.9 Å². The van der Waals surface area contributed by atoms with Gasteiger partial charge < -0.3 is 5.32 Å². The zero-order valence-corrected chi connectivity index (χ0v) is 9.53. The molecule has 0 aromatic carbocycles. The summed E-state index contributed by atoms with van der Waals surface area (Å²) >= 11 is 0. The largest absolute Gasteiger partial charge is 0.316 e. The Morgan fingerprint density at radius 3 is 3.00 bits per heavy atom. The number of piperidine rings is 1. The maximum absolute atomic E-state index is 12.0. The second kappa shape index (κ2) is 4.17. The van der Waals surface area contributed by atoms with Crippen molar-refractivity contribution < 1.29 is 4.79 Å². The van der Waals surface area contributed by atoms with Gasteiger partial charge in [-0.3, -0.25) is 10.1 Å². The van der Waals surface area contributed by atoms with Crippen molar-refractivity contribution in [2.24, 2.45) is 12.5 Å². The van der Waals surface area contributed by atoms with Crippen molar-refractivity contribution in [3.63, 3.8) is 0 Å². The Morgan fingerprint density at radius 1 is 1.62 bits per heavy atom. The first-order valence-electron chi connectivity index (χ1n) is 5.36. The number of nitrogens with zero attached hydrogens (tertiary/aromatic N) is 4. The van der Waals surface area contributed by atoms with E-state index in [4.69, 9.17) is 0 Å². The molecule has 0 aliphatic carbocycles. The van der Waals surface area contributed by atoms with Crippen LogP contribution in [0.25, 0.3) is 0 Å². The summed E-state index contributed by atoms with van der Waals surface area (Å²) in [5, 5.41) is 17.2. The molecule has 2 rings (SSSR count). The number of aryl methyl sites for hydroxylation is 1. The molecule has 0 bridgehead atoms. The Balaban J connectivity index is 2.01. The summed E-state index contributed by atoms with van der Waals surface area (Å²) in [6, 6.07) is 0. The molecule has 1 aliphatic rings. The summed E-state index contributed by atoms with van der Waals surface area (Å²) in [5.74, 6) is 0.215. The lowest BCUT2D eigenvalue weighted by atomic mass is 9.82. The van der Waals surface area contributed by atoms with Crippen LogP contribution < -0.4 is 10.6 Å². The van der Waals surface area contributed by atoms with Crippen LogP contribution in [0.5, 0.6) is 0 Å². The van der Waals surface area contributed by atoms with Gasteiger partial charge in [0, 0.05) is 6.54 Å². The number of rotatable bonds is 2. The number of tetrazole rings is 1. The van der Waals surface area contributed by atoms with Crippen LogP contribution in [-0.2, 0) is 11.8 Å². The second-order valence-corrected chi connectivity index (χ2v) is 4.40. The minimum atomic E-state index is -0.378. The molecule has 7 nitrogen and oxygen atoms in total. The minimum absolute atomic E-state index is 0.0484. The lowest BCUT2D eigenvalue weighted by Gasteiger charge is -2.31. The van der Waals surface area contributed by atoms with Gasteiger partial charge in [-0.15, -0.1) is 5.10 Å². The van der Waals surface area contributed by atoms with Gasteiger partial charge in [0.2, 0.25) is 5.91 Å². The normalized spacial score (nSPS) is 25.4. The molecule has 2 N–H and O–H groups in total. The summed E-state index contributed by atoms with van der Waals surface area (Å²) in [5.41, 5.74) is -0.378.